The Morgan fingerprint density at radius 3 is 2.55 bits per heavy atom. The zero-order chi connectivity index (χ0) is 41.6. The van der Waals surface area contributed by atoms with Crippen LogP contribution in [0, 0.1) is 0 Å². The first-order valence-corrected chi connectivity index (χ1v) is 23.3. The molecule has 1 unspecified atom stereocenters. The lowest BCUT2D eigenvalue weighted by molar-refractivity contribution is -0.148. The van der Waals surface area contributed by atoms with Crippen LogP contribution in [0.4, 0.5) is 0 Å². The predicted octanol–water partition coefficient (Wildman–Crippen LogP) is 6.89. The van der Waals surface area contributed by atoms with Gasteiger partial charge in [-0.1, -0.05) is 43.3 Å². The molecule has 3 aliphatic rings. The third kappa shape index (κ3) is 9.46. The van der Waals surface area contributed by atoms with Crippen molar-refractivity contribution >= 4 is 52.6 Å². The monoisotopic (exact) mass is 848 g/mol. The average molecular weight is 849 g/mol. The minimum Gasteiger partial charge on any atom is -0.465 e. The number of rotatable bonds is 15. The summed E-state index contributed by atoms with van der Waals surface area (Å²) in [7, 11) is -3.84. The van der Waals surface area contributed by atoms with Crippen molar-refractivity contribution < 1.29 is 33.0 Å². The second-order valence-electron chi connectivity index (χ2n) is 15.8. The van der Waals surface area contributed by atoms with E-state index < -0.39 is 31.6 Å². The van der Waals surface area contributed by atoms with Gasteiger partial charge >= 0.3 is 13.5 Å². The van der Waals surface area contributed by atoms with E-state index in [-0.39, 0.29) is 48.9 Å². The number of nitrogens with zero attached hydrogens (tertiary/aromatic N) is 4. The molecule has 3 amide bonds. The molecule has 6 heterocycles. The summed E-state index contributed by atoms with van der Waals surface area (Å²) in [6, 6.07) is 23.2. The van der Waals surface area contributed by atoms with Gasteiger partial charge in [-0.15, -0.1) is 11.3 Å². The molecular weight excluding hydrogens is 800 g/mol. The summed E-state index contributed by atoms with van der Waals surface area (Å²) in [5, 5.41) is 6.83. The van der Waals surface area contributed by atoms with Crippen LogP contribution in [0.5, 0.6) is 5.75 Å². The van der Waals surface area contributed by atoms with Crippen molar-refractivity contribution in [3.63, 3.8) is 0 Å². The molecule has 3 fully saturated rings. The Kier molecular flexibility index (Phi) is 12.7. The summed E-state index contributed by atoms with van der Waals surface area (Å²) in [4.78, 5) is 67.7. The largest absolute Gasteiger partial charge is 0.465 e. The highest BCUT2D eigenvalue weighted by molar-refractivity contribution is 7.56. The summed E-state index contributed by atoms with van der Waals surface area (Å²) in [6.45, 7) is 3.33. The molecule has 60 heavy (non-hydrogen) atoms. The number of pyridine rings is 2. The van der Waals surface area contributed by atoms with Gasteiger partial charge in [-0.3, -0.25) is 33.7 Å². The van der Waals surface area contributed by atoms with E-state index in [2.05, 4.69) is 20.4 Å². The van der Waals surface area contributed by atoms with Crippen LogP contribution >= 0.6 is 18.9 Å². The number of amides is 3. The smallest absolute Gasteiger partial charge is 0.324 e. The van der Waals surface area contributed by atoms with Crippen molar-refractivity contribution in [1.82, 2.24) is 30.2 Å². The number of thiophene rings is 1. The van der Waals surface area contributed by atoms with Crippen LogP contribution in [0.2, 0.25) is 0 Å². The minimum atomic E-state index is -3.84. The summed E-state index contributed by atoms with van der Waals surface area (Å²) in [5.41, 5.74) is 2.40. The van der Waals surface area contributed by atoms with Crippen LogP contribution in [0.25, 0.3) is 10.1 Å². The number of likely N-dealkylation sites (tertiary alicyclic amines) is 1. The van der Waals surface area contributed by atoms with E-state index in [9.17, 15) is 23.7 Å². The number of para-hydroxylation sites is 1. The van der Waals surface area contributed by atoms with Gasteiger partial charge in [0, 0.05) is 60.5 Å². The van der Waals surface area contributed by atoms with Crippen LogP contribution in [-0.2, 0) is 36.3 Å². The number of carbonyl (C=O) groups excluding carboxylic acids is 4. The maximum atomic E-state index is 14.9. The van der Waals surface area contributed by atoms with Gasteiger partial charge in [-0.25, -0.2) is 5.09 Å². The fourth-order valence-electron chi connectivity index (χ4n) is 8.41. The number of hydrogen-bond acceptors (Lipinski definition) is 10. The maximum absolute atomic E-state index is 14.9. The van der Waals surface area contributed by atoms with Crippen LogP contribution in [0.1, 0.15) is 77.9 Å². The molecule has 2 aromatic carbocycles. The Morgan fingerprint density at radius 1 is 0.950 bits per heavy atom. The summed E-state index contributed by atoms with van der Waals surface area (Å²) >= 11 is 1.30. The van der Waals surface area contributed by atoms with E-state index in [0.717, 1.165) is 34.9 Å². The van der Waals surface area contributed by atoms with Crippen LogP contribution in [-0.4, -0.2) is 87.3 Å². The number of ether oxygens (including phenoxy) is 1. The second-order valence-corrected chi connectivity index (χ2v) is 19.0. The van der Waals surface area contributed by atoms with E-state index in [4.69, 9.17) is 9.26 Å². The van der Waals surface area contributed by atoms with Gasteiger partial charge < -0.3 is 24.4 Å². The highest BCUT2D eigenvalue weighted by Gasteiger charge is 2.47. The summed E-state index contributed by atoms with van der Waals surface area (Å²) < 4.78 is 27.4. The summed E-state index contributed by atoms with van der Waals surface area (Å²) in [6.07, 6.45) is 9.37. The van der Waals surface area contributed by atoms with Crippen molar-refractivity contribution in [2.45, 2.75) is 88.1 Å². The number of hydrogen-bond donors (Lipinski definition) is 2. The number of carbonyl (C=O) groups is 4. The van der Waals surface area contributed by atoms with Crippen molar-refractivity contribution in [3.8, 4) is 5.75 Å². The van der Waals surface area contributed by atoms with Gasteiger partial charge in [0.1, 0.15) is 23.9 Å². The predicted molar refractivity (Wildman–Crippen MR) is 229 cm³/mol. The van der Waals surface area contributed by atoms with Gasteiger partial charge in [0.15, 0.2) is 0 Å². The lowest BCUT2D eigenvalue weighted by Gasteiger charge is -2.42. The summed E-state index contributed by atoms with van der Waals surface area (Å²) in [5.74, 6) is -0.515. The normalized spacial score (nSPS) is 20.7. The second kappa shape index (κ2) is 18.5. The van der Waals surface area contributed by atoms with Crippen molar-refractivity contribution in [3.05, 3.63) is 125 Å². The highest BCUT2D eigenvalue weighted by atomic mass is 32.1. The van der Waals surface area contributed by atoms with Crippen molar-refractivity contribution in [2.24, 2.45) is 0 Å². The minimum absolute atomic E-state index is 0.0184. The molecule has 5 atom stereocenters. The SMILES string of the molecule is CCCOC(=O)[C@H](Cc1ccccn1)NP(=O)(Cc1ccc2sc(C(=O)N[C@H]3CCC[C@H]4CC[C@@H](C(=O)N5CC(c6cccnc6)C5)N4C3=O)cc2c1)Oc1ccccc1. The van der Waals surface area contributed by atoms with Gasteiger partial charge in [0.25, 0.3) is 5.91 Å². The number of benzene rings is 2. The zero-order valence-electron chi connectivity index (χ0n) is 33.5. The number of fused-ring (bicyclic) bond motifs is 2. The fraction of sp³-hybridized carbons (Fsp3) is 0.378. The maximum Gasteiger partial charge on any atom is 0.324 e. The van der Waals surface area contributed by atoms with Gasteiger partial charge in [-0.05, 0) is 104 Å². The van der Waals surface area contributed by atoms with E-state index in [1.807, 2.05) is 60.5 Å². The van der Waals surface area contributed by atoms with E-state index in [1.165, 1.54) is 11.3 Å². The number of esters is 1. The zero-order valence-corrected chi connectivity index (χ0v) is 35.2. The Morgan fingerprint density at radius 2 is 1.78 bits per heavy atom. The molecule has 0 bridgehead atoms. The molecule has 0 radical (unpaired) electrons. The molecule has 15 heteroatoms. The highest BCUT2D eigenvalue weighted by Crippen LogP contribution is 2.48. The quantitative estimate of drug-likeness (QED) is 0.0840. The molecule has 5 aromatic rings. The molecule has 0 aliphatic carbocycles. The first kappa shape index (κ1) is 41.3. The lowest BCUT2D eigenvalue weighted by atomic mass is 9.92. The molecular formula is C45H49N6O7PS. The molecule has 2 N–H and O–H groups in total. The Hall–Kier alpha value is -5.43. The molecule has 3 saturated heterocycles. The molecule has 0 saturated carbocycles. The van der Waals surface area contributed by atoms with Crippen LogP contribution < -0.4 is 14.9 Å². The molecule has 3 aromatic heterocycles. The van der Waals surface area contributed by atoms with Crippen molar-refractivity contribution in [2.75, 3.05) is 19.7 Å². The average Bonchev–Trinajstić information content (AvgIpc) is 3.83. The molecule has 8 rings (SSSR count). The van der Waals surface area contributed by atoms with Crippen molar-refractivity contribution in [1.29, 1.82) is 0 Å². The van der Waals surface area contributed by atoms with Gasteiger partial charge in [0.2, 0.25) is 11.8 Å². The lowest BCUT2D eigenvalue weighted by Crippen LogP contribution is -2.58. The fourth-order valence-corrected chi connectivity index (χ4v) is 11.4. The van der Waals surface area contributed by atoms with Crippen LogP contribution in [0.15, 0.2) is 104 Å². The first-order chi connectivity index (χ1) is 29.2. The Bertz CT molecular complexity index is 2360. The topological polar surface area (TPSA) is 160 Å². The van der Waals surface area contributed by atoms with E-state index >= 15 is 0 Å². The number of aromatic nitrogens is 2. The molecule has 312 valence electrons. The Labute approximate surface area is 353 Å². The Balaban J connectivity index is 0.963. The number of nitrogens with one attached hydrogen (secondary N) is 2. The standard InChI is InChI=1S/C45H49N6O7PS/c1-2-22-57-45(55)38(25-34-11-6-7-21-47-34)49-59(56,58-36-13-4-3-5-14-36)29-30-16-19-40-32(23-30)24-41(60-40)42(52)48-37-15-8-12-35-17-18-39(51(35)43(37)53)44(54)50-27-33(28-50)31-10-9-20-46-26-31/h3-7,9-11,13-14,16,19-21,23-24,26,33,35,37-39H,2,8,12,15,17-18,22,25,27-29H2,1H3,(H,48,52)(H,49,56)/t35-,37-,38-,39-,59?/m0/s1. The first-order valence-electron chi connectivity index (χ1n) is 20.7. The van der Waals surface area contributed by atoms with Gasteiger partial charge in [0.05, 0.1) is 17.6 Å². The molecule has 13 nitrogen and oxygen atoms in total. The third-order valence-electron chi connectivity index (χ3n) is 11.4. The third-order valence-corrected chi connectivity index (χ3v) is 14.5. The van der Waals surface area contributed by atoms with E-state index in [0.29, 0.717) is 54.2 Å². The van der Waals surface area contributed by atoms with Crippen LogP contribution in [0.3, 0.4) is 0 Å². The molecule has 3 aliphatic heterocycles. The van der Waals surface area contributed by atoms with Gasteiger partial charge in [-0.2, -0.15) is 0 Å². The molecule has 0 spiro atoms. The van der Waals surface area contributed by atoms with E-state index in [1.54, 1.807) is 59.8 Å².